The fourth-order valence-electron chi connectivity index (χ4n) is 1.62. The van der Waals surface area contributed by atoms with Crippen LogP contribution in [0.4, 0.5) is 0 Å². The molecule has 0 saturated carbocycles. The molecule has 8 nitrogen and oxygen atoms in total. The second-order valence-electron chi connectivity index (χ2n) is 4.97. The Morgan fingerprint density at radius 3 is 0.846 bits per heavy atom. The van der Waals surface area contributed by atoms with Crippen molar-refractivity contribution in [3.63, 3.8) is 0 Å². The summed E-state index contributed by atoms with van der Waals surface area (Å²) in [6, 6.07) is 0. The number of halogens is 1. The first kappa shape index (κ1) is 26.0. The van der Waals surface area contributed by atoms with Gasteiger partial charge in [0, 0.05) is 13.0 Å². The second-order valence-corrected chi connectivity index (χ2v) is 5.35. The van der Waals surface area contributed by atoms with Crippen molar-refractivity contribution in [3.8, 4) is 0 Å². The number of alkyl halides is 1. The Bertz CT molecular complexity index is 225. The molecule has 0 saturated heterocycles. The van der Waals surface area contributed by atoms with Gasteiger partial charge in [-0.1, -0.05) is 0 Å². The van der Waals surface area contributed by atoms with E-state index in [2.05, 4.69) is 0 Å². The Labute approximate surface area is 162 Å². The molecule has 0 aromatic rings. The third-order valence-corrected chi connectivity index (χ3v) is 3.04. The van der Waals surface area contributed by atoms with Crippen molar-refractivity contribution in [1.29, 1.82) is 0 Å². The first-order chi connectivity index (χ1) is 12.9. The van der Waals surface area contributed by atoms with Crippen LogP contribution < -0.4 is 0 Å². The maximum absolute atomic E-state index is 5.48. The highest BCUT2D eigenvalue weighted by Gasteiger charge is 1.94. The van der Waals surface area contributed by atoms with Crippen LogP contribution in [0.25, 0.3) is 0 Å². The first-order valence-electron chi connectivity index (χ1n) is 9.01. The average Bonchev–Trinajstić information content (AvgIpc) is 2.66. The molecular weight excluding hydrogens is 368 g/mol. The summed E-state index contributed by atoms with van der Waals surface area (Å²) in [5.41, 5.74) is 0. The van der Waals surface area contributed by atoms with Crippen LogP contribution in [-0.2, 0) is 37.9 Å². The van der Waals surface area contributed by atoms with E-state index in [4.69, 9.17) is 49.5 Å². The van der Waals surface area contributed by atoms with Gasteiger partial charge in [-0.15, -0.1) is 11.6 Å². The van der Waals surface area contributed by atoms with Crippen LogP contribution in [0.2, 0.25) is 0 Å². The molecule has 9 heteroatoms. The molecule has 0 aliphatic heterocycles. The SMILES string of the molecule is COCCOCCOCCOCCOCCOCCOCCOCCCl. The molecule has 0 fully saturated rings. The van der Waals surface area contributed by atoms with Crippen molar-refractivity contribution < 1.29 is 37.9 Å². The molecule has 0 rings (SSSR count). The molecule has 0 aromatic heterocycles. The van der Waals surface area contributed by atoms with Crippen LogP contribution in [0.1, 0.15) is 0 Å². The standard InChI is InChI=1S/C17H35ClO8/c1-19-4-5-21-8-9-23-12-13-25-16-17-26-15-14-24-11-10-22-7-6-20-3-2-18/h2-17H2,1H3. The van der Waals surface area contributed by atoms with Gasteiger partial charge in [-0.3, -0.25) is 0 Å². The lowest BCUT2D eigenvalue weighted by Crippen LogP contribution is -2.14. The second kappa shape index (κ2) is 25.0. The third kappa shape index (κ3) is 24.0. The molecule has 0 amide bonds. The topological polar surface area (TPSA) is 73.8 Å². The number of rotatable bonds is 23. The highest BCUT2D eigenvalue weighted by atomic mass is 35.5. The molecule has 0 unspecified atom stereocenters. The molecule has 0 spiro atoms. The van der Waals surface area contributed by atoms with E-state index in [1.165, 1.54) is 0 Å². The van der Waals surface area contributed by atoms with Crippen molar-refractivity contribution in [1.82, 2.24) is 0 Å². The zero-order valence-corrected chi connectivity index (χ0v) is 16.7. The minimum atomic E-state index is 0.507. The summed E-state index contributed by atoms with van der Waals surface area (Å²) >= 11 is 5.48. The van der Waals surface area contributed by atoms with E-state index in [-0.39, 0.29) is 0 Å². The van der Waals surface area contributed by atoms with Crippen molar-refractivity contribution in [2.24, 2.45) is 0 Å². The summed E-state index contributed by atoms with van der Waals surface area (Å²) in [4.78, 5) is 0. The maximum atomic E-state index is 5.48. The van der Waals surface area contributed by atoms with Crippen LogP contribution in [0.15, 0.2) is 0 Å². The molecular formula is C17H35ClO8. The average molecular weight is 403 g/mol. The highest BCUT2D eigenvalue weighted by Crippen LogP contribution is 1.85. The van der Waals surface area contributed by atoms with Crippen LogP contribution in [0.3, 0.4) is 0 Å². The summed E-state index contributed by atoms with van der Waals surface area (Å²) < 4.78 is 42.1. The normalized spacial score (nSPS) is 11.3. The third-order valence-electron chi connectivity index (χ3n) is 2.89. The molecule has 0 atom stereocenters. The van der Waals surface area contributed by atoms with Crippen LogP contribution >= 0.6 is 11.6 Å². The van der Waals surface area contributed by atoms with Crippen LogP contribution in [-0.4, -0.2) is 112 Å². The van der Waals surface area contributed by atoms with E-state index < -0.39 is 0 Å². The molecule has 0 heterocycles. The number of methoxy groups -OCH3 is 1. The lowest BCUT2D eigenvalue weighted by atomic mass is 10.6. The Hall–Kier alpha value is -0.0300. The monoisotopic (exact) mass is 402 g/mol. The van der Waals surface area contributed by atoms with Gasteiger partial charge in [0.2, 0.25) is 0 Å². The van der Waals surface area contributed by atoms with Crippen LogP contribution in [0, 0.1) is 0 Å². The fraction of sp³-hybridized carbons (Fsp3) is 1.00. The maximum Gasteiger partial charge on any atom is 0.0701 e. The van der Waals surface area contributed by atoms with Gasteiger partial charge in [-0.2, -0.15) is 0 Å². The van der Waals surface area contributed by atoms with E-state index >= 15 is 0 Å². The van der Waals surface area contributed by atoms with E-state index in [1.807, 2.05) is 0 Å². The van der Waals surface area contributed by atoms with Gasteiger partial charge in [0.15, 0.2) is 0 Å². The van der Waals surface area contributed by atoms with Gasteiger partial charge in [0.25, 0.3) is 0 Å². The molecule has 158 valence electrons. The number of ether oxygens (including phenoxy) is 8. The fourth-order valence-corrected chi connectivity index (χ4v) is 1.73. The lowest BCUT2D eigenvalue weighted by Gasteiger charge is -2.08. The number of hydrogen-bond donors (Lipinski definition) is 0. The molecule has 0 aromatic carbocycles. The first-order valence-corrected chi connectivity index (χ1v) is 9.54. The summed E-state index contributed by atoms with van der Waals surface area (Å²) in [6.45, 7) is 8.34. The zero-order chi connectivity index (χ0) is 19.0. The molecule has 0 aliphatic carbocycles. The highest BCUT2D eigenvalue weighted by molar-refractivity contribution is 6.17. The van der Waals surface area contributed by atoms with Crippen molar-refractivity contribution in [2.75, 3.05) is 112 Å². The summed E-state index contributed by atoms with van der Waals surface area (Å²) in [5.74, 6) is 0.507. The van der Waals surface area contributed by atoms with E-state index in [0.29, 0.717) is 105 Å². The van der Waals surface area contributed by atoms with E-state index in [9.17, 15) is 0 Å². The van der Waals surface area contributed by atoms with Gasteiger partial charge in [0.05, 0.1) is 99.1 Å². The Morgan fingerprint density at radius 1 is 0.385 bits per heavy atom. The molecule has 0 aliphatic rings. The van der Waals surface area contributed by atoms with E-state index in [1.54, 1.807) is 7.11 Å². The van der Waals surface area contributed by atoms with E-state index in [0.717, 1.165) is 0 Å². The van der Waals surface area contributed by atoms with Gasteiger partial charge in [-0.25, -0.2) is 0 Å². The summed E-state index contributed by atoms with van der Waals surface area (Å²) in [6.07, 6.45) is 0. The van der Waals surface area contributed by atoms with Crippen molar-refractivity contribution >= 4 is 11.6 Å². The lowest BCUT2D eigenvalue weighted by molar-refractivity contribution is -0.0217. The van der Waals surface area contributed by atoms with Gasteiger partial charge < -0.3 is 37.9 Å². The predicted molar refractivity (Wildman–Crippen MR) is 98.3 cm³/mol. The van der Waals surface area contributed by atoms with Gasteiger partial charge in [-0.05, 0) is 0 Å². The largest absolute Gasteiger partial charge is 0.382 e. The van der Waals surface area contributed by atoms with Gasteiger partial charge in [0.1, 0.15) is 0 Å². The molecule has 0 radical (unpaired) electrons. The van der Waals surface area contributed by atoms with Crippen molar-refractivity contribution in [2.45, 2.75) is 0 Å². The quantitative estimate of drug-likeness (QED) is 0.185. The predicted octanol–water partition coefficient (Wildman–Crippen LogP) is 0.988. The summed E-state index contributed by atoms with van der Waals surface area (Å²) in [7, 11) is 1.65. The van der Waals surface area contributed by atoms with Gasteiger partial charge >= 0.3 is 0 Å². The molecule has 0 N–H and O–H groups in total. The van der Waals surface area contributed by atoms with Crippen LogP contribution in [0.5, 0.6) is 0 Å². The smallest absolute Gasteiger partial charge is 0.0701 e. The number of hydrogen-bond acceptors (Lipinski definition) is 8. The molecule has 0 bridgehead atoms. The minimum absolute atomic E-state index is 0.507. The zero-order valence-electron chi connectivity index (χ0n) is 16.0. The Morgan fingerprint density at radius 2 is 0.615 bits per heavy atom. The summed E-state index contributed by atoms with van der Waals surface area (Å²) in [5, 5.41) is 0. The molecule has 26 heavy (non-hydrogen) atoms. The Kier molecular flexibility index (Phi) is 24.9. The Balaban J connectivity index is 2.95. The van der Waals surface area contributed by atoms with Crippen molar-refractivity contribution in [3.05, 3.63) is 0 Å². The minimum Gasteiger partial charge on any atom is -0.382 e.